The summed E-state index contributed by atoms with van der Waals surface area (Å²) in [6.45, 7) is 1.87. The average Bonchev–Trinajstić information content (AvgIpc) is 2.48. The van der Waals surface area contributed by atoms with Crippen LogP contribution in [-0.4, -0.2) is 11.1 Å². The number of benzene rings is 1. The molecule has 1 saturated heterocycles. The van der Waals surface area contributed by atoms with Crippen LogP contribution in [-0.2, 0) is 15.1 Å². The molecule has 0 saturated carbocycles. The lowest BCUT2D eigenvalue weighted by atomic mass is 9.93. The first-order chi connectivity index (χ1) is 6.60. The molecule has 0 amide bonds. The van der Waals surface area contributed by atoms with Crippen LogP contribution in [0.4, 0.5) is 0 Å². The number of aromatic hydroxyl groups is 1. The number of carbonyl (C=O) groups excluding carboxylic acids is 1. The van der Waals surface area contributed by atoms with Crippen molar-refractivity contribution >= 4 is 5.97 Å². The van der Waals surface area contributed by atoms with E-state index in [0.29, 0.717) is 12.8 Å². The second-order valence-electron chi connectivity index (χ2n) is 3.76. The third kappa shape index (κ3) is 1.45. The lowest BCUT2D eigenvalue weighted by Crippen LogP contribution is -2.20. The zero-order valence-electron chi connectivity index (χ0n) is 7.99. The Kier molecular flexibility index (Phi) is 1.95. The van der Waals surface area contributed by atoms with Crippen molar-refractivity contribution in [1.82, 2.24) is 0 Å². The standard InChI is InChI=1S/C11H12O3/c1-11(6-5-10(13)14-11)8-3-2-4-9(12)7-8/h2-4,7,12H,5-6H2,1H3. The van der Waals surface area contributed by atoms with Crippen molar-refractivity contribution in [3.63, 3.8) is 0 Å². The van der Waals surface area contributed by atoms with Gasteiger partial charge in [-0.3, -0.25) is 4.79 Å². The SMILES string of the molecule is CC1(c2cccc(O)c2)CCC(=O)O1. The number of cyclic esters (lactones) is 1. The molecule has 1 aliphatic heterocycles. The molecule has 3 heteroatoms. The van der Waals surface area contributed by atoms with Crippen LogP contribution < -0.4 is 0 Å². The second-order valence-corrected chi connectivity index (χ2v) is 3.76. The van der Waals surface area contributed by atoms with E-state index in [1.165, 1.54) is 0 Å². The molecule has 0 aromatic heterocycles. The number of carbonyl (C=O) groups is 1. The van der Waals surface area contributed by atoms with Crippen LogP contribution in [0, 0.1) is 0 Å². The van der Waals surface area contributed by atoms with Gasteiger partial charge in [-0.15, -0.1) is 0 Å². The maximum Gasteiger partial charge on any atom is 0.306 e. The van der Waals surface area contributed by atoms with Gasteiger partial charge in [-0.25, -0.2) is 0 Å². The lowest BCUT2D eigenvalue weighted by molar-refractivity contribution is -0.147. The highest BCUT2D eigenvalue weighted by molar-refractivity contribution is 5.72. The predicted octanol–water partition coefficient (Wildman–Crippen LogP) is 1.94. The summed E-state index contributed by atoms with van der Waals surface area (Å²) in [5, 5.41) is 9.31. The van der Waals surface area contributed by atoms with E-state index in [1.54, 1.807) is 18.2 Å². The fourth-order valence-corrected chi connectivity index (χ4v) is 1.73. The number of hydrogen-bond acceptors (Lipinski definition) is 3. The van der Waals surface area contributed by atoms with E-state index >= 15 is 0 Å². The summed E-state index contributed by atoms with van der Waals surface area (Å²) in [5.74, 6) is 0.0301. The van der Waals surface area contributed by atoms with Crippen LogP contribution >= 0.6 is 0 Å². The Labute approximate surface area is 82.3 Å². The van der Waals surface area contributed by atoms with E-state index in [1.807, 2.05) is 13.0 Å². The highest BCUT2D eigenvalue weighted by atomic mass is 16.6. The van der Waals surface area contributed by atoms with E-state index in [2.05, 4.69) is 0 Å². The Morgan fingerprint density at radius 2 is 2.29 bits per heavy atom. The highest BCUT2D eigenvalue weighted by Gasteiger charge is 2.37. The molecular weight excluding hydrogens is 180 g/mol. The van der Waals surface area contributed by atoms with Gasteiger partial charge in [0, 0.05) is 12.8 Å². The van der Waals surface area contributed by atoms with Crippen LogP contribution in [0.3, 0.4) is 0 Å². The topological polar surface area (TPSA) is 46.5 Å². The van der Waals surface area contributed by atoms with Gasteiger partial charge in [0.05, 0.1) is 0 Å². The molecule has 0 radical (unpaired) electrons. The van der Waals surface area contributed by atoms with E-state index in [0.717, 1.165) is 5.56 Å². The van der Waals surface area contributed by atoms with Gasteiger partial charge < -0.3 is 9.84 Å². The Balaban J connectivity index is 2.34. The van der Waals surface area contributed by atoms with Crippen molar-refractivity contribution in [1.29, 1.82) is 0 Å². The summed E-state index contributed by atoms with van der Waals surface area (Å²) in [6.07, 6.45) is 1.13. The van der Waals surface area contributed by atoms with Crippen molar-refractivity contribution in [3.05, 3.63) is 29.8 Å². The minimum Gasteiger partial charge on any atom is -0.508 e. The Bertz CT molecular complexity index is 373. The van der Waals surface area contributed by atoms with Crippen molar-refractivity contribution < 1.29 is 14.6 Å². The molecule has 1 aliphatic rings. The number of phenols is 1. The third-order valence-corrected chi connectivity index (χ3v) is 2.60. The van der Waals surface area contributed by atoms with Gasteiger partial charge >= 0.3 is 5.97 Å². The van der Waals surface area contributed by atoms with Crippen LogP contribution in [0.15, 0.2) is 24.3 Å². The summed E-state index contributed by atoms with van der Waals surface area (Å²) in [5.41, 5.74) is 0.291. The van der Waals surface area contributed by atoms with E-state index in [4.69, 9.17) is 4.74 Å². The minimum atomic E-state index is -0.560. The maximum absolute atomic E-state index is 11.0. The molecule has 2 rings (SSSR count). The van der Waals surface area contributed by atoms with E-state index in [-0.39, 0.29) is 11.7 Å². The molecule has 1 aromatic rings. The Morgan fingerprint density at radius 3 is 2.86 bits per heavy atom. The van der Waals surface area contributed by atoms with Crippen molar-refractivity contribution in [2.45, 2.75) is 25.4 Å². The van der Waals surface area contributed by atoms with Crippen LogP contribution in [0.2, 0.25) is 0 Å². The normalized spacial score (nSPS) is 26.2. The largest absolute Gasteiger partial charge is 0.508 e. The zero-order chi connectivity index (χ0) is 10.2. The Morgan fingerprint density at radius 1 is 1.50 bits per heavy atom. The van der Waals surface area contributed by atoms with Gasteiger partial charge in [-0.1, -0.05) is 12.1 Å². The van der Waals surface area contributed by atoms with Crippen molar-refractivity contribution in [2.24, 2.45) is 0 Å². The van der Waals surface area contributed by atoms with Gasteiger partial charge in [0.15, 0.2) is 0 Å². The third-order valence-electron chi connectivity index (χ3n) is 2.60. The molecule has 1 atom stereocenters. The maximum atomic E-state index is 11.0. The molecule has 0 aliphatic carbocycles. The summed E-state index contributed by atoms with van der Waals surface area (Å²) < 4.78 is 5.24. The monoisotopic (exact) mass is 192 g/mol. The number of ether oxygens (including phenoxy) is 1. The van der Waals surface area contributed by atoms with Crippen molar-refractivity contribution in [2.75, 3.05) is 0 Å². The molecule has 1 heterocycles. The van der Waals surface area contributed by atoms with E-state index in [9.17, 15) is 9.90 Å². The molecule has 3 nitrogen and oxygen atoms in total. The molecule has 14 heavy (non-hydrogen) atoms. The van der Waals surface area contributed by atoms with Crippen LogP contribution in [0.25, 0.3) is 0 Å². The first-order valence-electron chi connectivity index (χ1n) is 4.61. The van der Waals surface area contributed by atoms with Crippen LogP contribution in [0.1, 0.15) is 25.3 Å². The van der Waals surface area contributed by atoms with Gasteiger partial charge in [0.1, 0.15) is 11.4 Å². The summed E-state index contributed by atoms with van der Waals surface area (Å²) in [7, 11) is 0. The first-order valence-corrected chi connectivity index (χ1v) is 4.61. The second kappa shape index (κ2) is 3.01. The van der Waals surface area contributed by atoms with Crippen LogP contribution in [0.5, 0.6) is 5.75 Å². The van der Waals surface area contributed by atoms with Gasteiger partial charge in [0.25, 0.3) is 0 Å². The molecule has 1 unspecified atom stereocenters. The molecule has 1 aromatic carbocycles. The molecular formula is C11H12O3. The molecule has 0 spiro atoms. The number of esters is 1. The van der Waals surface area contributed by atoms with Gasteiger partial charge in [-0.2, -0.15) is 0 Å². The summed E-state index contributed by atoms with van der Waals surface area (Å²) >= 11 is 0. The quantitative estimate of drug-likeness (QED) is 0.692. The predicted molar refractivity (Wildman–Crippen MR) is 50.8 cm³/mol. The molecule has 1 fully saturated rings. The fourth-order valence-electron chi connectivity index (χ4n) is 1.73. The summed E-state index contributed by atoms with van der Waals surface area (Å²) in [4.78, 5) is 11.0. The molecule has 0 bridgehead atoms. The number of rotatable bonds is 1. The summed E-state index contributed by atoms with van der Waals surface area (Å²) in [6, 6.07) is 6.85. The number of phenolic OH excluding ortho intramolecular Hbond substituents is 1. The Hall–Kier alpha value is -1.51. The van der Waals surface area contributed by atoms with Gasteiger partial charge in [0.2, 0.25) is 0 Å². The zero-order valence-corrected chi connectivity index (χ0v) is 7.99. The lowest BCUT2D eigenvalue weighted by Gasteiger charge is -2.22. The number of hydrogen-bond donors (Lipinski definition) is 1. The van der Waals surface area contributed by atoms with E-state index < -0.39 is 5.60 Å². The fraction of sp³-hybridized carbons (Fsp3) is 0.364. The van der Waals surface area contributed by atoms with Gasteiger partial charge in [-0.05, 0) is 24.6 Å². The smallest absolute Gasteiger partial charge is 0.306 e. The minimum absolute atomic E-state index is 0.171. The average molecular weight is 192 g/mol. The van der Waals surface area contributed by atoms with Crippen molar-refractivity contribution in [3.8, 4) is 5.75 Å². The molecule has 74 valence electrons. The molecule has 1 N–H and O–H groups in total. The first kappa shape index (κ1) is 9.06. The highest BCUT2D eigenvalue weighted by Crippen LogP contribution is 2.37.